The number of carbonyl (C=O) groups is 2. The number of carboxylic acid groups (broad SMARTS) is 1. The highest BCUT2D eigenvalue weighted by Crippen LogP contribution is 2.56. The van der Waals surface area contributed by atoms with Gasteiger partial charge in [-0.3, -0.25) is 4.79 Å². The van der Waals surface area contributed by atoms with Gasteiger partial charge >= 0.3 is 5.97 Å². The number of aryl methyl sites for hydroxylation is 2. The Balaban J connectivity index is 1.65. The Morgan fingerprint density at radius 1 is 1.25 bits per heavy atom. The molecule has 0 radical (unpaired) electrons. The van der Waals surface area contributed by atoms with Crippen molar-refractivity contribution in [1.29, 1.82) is 0 Å². The number of aliphatic carboxylic acids is 1. The van der Waals surface area contributed by atoms with Gasteiger partial charge in [-0.2, -0.15) is 0 Å². The largest absolute Gasteiger partial charge is 0.481 e. The van der Waals surface area contributed by atoms with Crippen LogP contribution in [-0.2, 0) is 4.79 Å². The molecule has 5 nitrogen and oxygen atoms in total. The van der Waals surface area contributed by atoms with Gasteiger partial charge in [-0.05, 0) is 74.1 Å². The molecule has 2 aliphatic rings. The van der Waals surface area contributed by atoms with E-state index in [9.17, 15) is 9.59 Å². The van der Waals surface area contributed by atoms with Crippen LogP contribution in [0.25, 0.3) is 0 Å². The second-order valence-corrected chi connectivity index (χ2v) is 7.29. The number of carboxylic acids is 1. The molecule has 0 aliphatic heterocycles. The molecule has 5 heteroatoms. The van der Waals surface area contributed by atoms with Crippen molar-refractivity contribution >= 4 is 11.9 Å². The van der Waals surface area contributed by atoms with Crippen molar-refractivity contribution in [2.75, 3.05) is 13.2 Å². The first-order valence-electron chi connectivity index (χ1n) is 8.65. The SMILES string of the molecule is Cc1cc(C(=O)NCC2(C3CC3)CCC2)cc(C)c1OCC(=O)O. The van der Waals surface area contributed by atoms with Gasteiger partial charge in [0.25, 0.3) is 5.91 Å². The molecule has 0 saturated heterocycles. The lowest BCUT2D eigenvalue weighted by atomic mass is 9.65. The molecule has 2 fully saturated rings. The summed E-state index contributed by atoms with van der Waals surface area (Å²) in [7, 11) is 0. The Morgan fingerprint density at radius 2 is 1.88 bits per heavy atom. The summed E-state index contributed by atoms with van der Waals surface area (Å²) in [5, 5.41) is 11.8. The van der Waals surface area contributed by atoms with Gasteiger partial charge in [0.15, 0.2) is 6.61 Å². The van der Waals surface area contributed by atoms with Gasteiger partial charge in [0.05, 0.1) is 0 Å². The van der Waals surface area contributed by atoms with Crippen molar-refractivity contribution < 1.29 is 19.4 Å². The summed E-state index contributed by atoms with van der Waals surface area (Å²) in [4.78, 5) is 23.2. The minimum absolute atomic E-state index is 0.0575. The number of carbonyl (C=O) groups excluding carboxylic acids is 1. The fourth-order valence-corrected chi connectivity index (χ4v) is 3.86. The zero-order valence-corrected chi connectivity index (χ0v) is 14.4. The van der Waals surface area contributed by atoms with Gasteiger partial charge in [0.2, 0.25) is 0 Å². The Bertz CT molecular complexity index is 636. The molecule has 24 heavy (non-hydrogen) atoms. The molecule has 1 aromatic carbocycles. The Morgan fingerprint density at radius 3 is 2.33 bits per heavy atom. The molecule has 0 atom stereocenters. The van der Waals surface area contributed by atoms with E-state index in [0.29, 0.717) is 16.7 Å². The van der Waals surface area contributed by atoms with E-state index in [-0.39, 0.29) is 12.5 Å². The lowest BCUT2D eigenvalue weighted by Crippen LogP contribution is -2.43. The van der Waals surface area contributed by atoms with E-state index >= 15 is 0 Å². The monoisotopic (exact) mass is 331 g/mol. The van der Waals surface area contributed by atoms with Crippen molar-refractivity contribution in [3.63, 3.8) is 0 Å². The maximum absolute atomic E-state index is 12.5. The summed E-state index contributed by atoms with van der Waals surface area (Å²) >= 11 is 0. The van der Waals surface area contributed by atoms with E-state index in [2.05, 4.69) is 5.32 Å². The van der Waals surface area contributed by atoms with Crippen molar-refractivity contribution in [1.82, 2.24) is 5.32 Å². The van der Waals surface area contributed by atoms with Gasteiger partial charge in [0, 0.05) is 12.1 Å². The number of hydrogen-bond acceptors (Lipinski definition) is 3. The van der Waals surface area contributed by atoms with Crippen molar-refractivity contribution in [3.05, 3.63) is 28.8 Å². The summed E-state index contributed by atoms with van der Waals surface area (Å²) in [5.41, 5.74) is 2.52. The quantitative estimate of drug-likeness (QED) is 0.805. The Hall–Kier alpha value is -2.04. The van der Waals surface area contributed by atoms with E-state index in [4.69, 9.17) is 9.84 Å². The highest BCUT2D eigenvalue weighted by Gasteiger charge is 2.48. The average molecular weight is 331 g/mol. The smallest absolute Gasteiger partial charge is 0.341 e. The van der Waals surface area contributed by atoms with Gasteiger partial charge in [0.1, 0.15) is 5.75 Å². The van der Waals surface area contributed by atoms with E-state index in [1.165, 1.54) is 32.1 Å². The summed E-state index contributed by atoms with van der Waals surface area (Å²) in [6.45, 7) is 4.06. The highest BCUT2D eigenvalue weighted by atomic mass is 16.5. The van der Waals surface area contributed by atoms with Crippen molar-refractivity contribution in [2.45, 2.75) is 46.0 Å². The van der Waals surface area contributed by atoms with Crippen LogP contribution in [0.1, 0.15) is 53.6 Å². The lowest BCUT2D eigenvalue weighted by molar-refractivity contribution is -0.139. The first-order valence-corrected chi connectivity index (χ1v) is 8.65. The molecule has 130 valence electrons. The van der Waals surface area contributed by atoms with Crippen LogP contribution in [-0.4, -0.2) is 30.1 Å². The van der Waals surface area contributed by atoms with E-state index in [0.717, 1.165) is 23.6 Å². The Labute approximate surface area is 142 Å². The van der Waals surface area contributed by atoms with Gasteiger partial charge in [-0.15, -0.1) is 0 Å². The van der Waals surface area contributed by atoms with Crippen LogP contribution in [0.15, 0.2) is 12.1 Å². The van der Waals surface area contributed by atoms with Crippen LogP contribution in [0.3, 0.4) is 0 Å². The van der Waals surface area contributed by atoms with E-state index in [1.54, 1.807) is 12.1 Å². The molecule has 0 heterocycles. The van der Waals surface area contributed by atoms with Crippen LogP contribution in [0.2, 0.25) is 0 Å². The van der Waals surface area contributed by atoms with Gasteiger partial charge in [-0.25, -0.2) is 4.79 Å². The third kappa shape index (κ3) is 3.40. The number of rotatable bonds is 7. The number of benzene rings is 1. The van der Waals surface area contributed by atoms with Crippen molar-refractivity contribution in [2.24, 2.45) is 11.3 Å². The van der Waals surface area contributed by atoms with Crippen LogP contribution >= 0.6 is 0 Å². The predicted octanol–water partition coefficient (Wildman–Crippen LogP) is 3.08. The topological polar surface area (TPSA) is 75.6 Å². The summed E-state index contributed by atoms with van der Waals surface area (Å²) in [6, 6.07) is 3.54. The minimum Gasteiger partial charge on any atom is -0.481 e. The second kappa shape index (κ2) is 6.46. The fraction of sp³-hybridized carbons (Fsp3) is 0.579. The normalized spacial score (nSPS) is 18.6. The molecule has 0 spiro atoms. The predicted molar refractivity (Wildman–Crippen MR) is 90.4 cm³/mol. The van der Waals surface area contributed by atoms with Gasteiger partial charge in [-0.1, -0.05) is 6.42 Å². The molecule has 3 rings (SSSR count). The molecule has 2 aliphatic carbocycles. The molecular formula is C19H25NO4. The van der Waals surface area contributed by atoms with Crippen LogP contribution < -0.4 is 10.1 Å². The maximum Gasteiger partial charge on any atom is 0.341 e. The molecule has 1 aromatic rings. The molecule has 0 aromatic heterocycles. The van der Waals surface area contributed by atoms with E-state index < -0.39 is 5.97 Å². The number of amides is 1. The molecule has 1 amide bonds. The maximum atomic E-state index is 12.5. The second-order valence-electron chi connectivity index (χ2n) is 7.29. The zero-order valence-electron chi connectivity index (χ0n) is 14.4. The average Bonchev–Trinajstić information content (AvgIpc) is 3.29. The lowest BCUT2D eigenvalue weighted by Gasteiger charge is -2.42. The molecule has 2 saturated carbocycles. The molecule has 0 bridgehead atoms. The van der Waals surface area contributed by atoms with Crippen molar-refractivity contribution in [3.8, 4) is 5.75 Å². The van der Waals surface area contributed by atoms with Gasteiger partial charge < -0.3 is 15.2 Å². The highest BCUT2D eigenvalue weighted by molar-refractivity contribution is 5.95. The molecule has 0 unspecified atom stereocenters. The third-order valence-electron chi connectivity index (χ3n) is 5.46. The molecular weight excluding hydrogens is 306 g/mol. The third-order valence-corrected chi connectivity index (χ3v) is 5.46. The zero-order chi connectivity index (χ0) is 17.3. The van der Waals surface area contributed by atoms with Crippen LogP contribution in [0.4, 0.5) is 0 Å². The fourth-order valence-electron chi connectivity index (χ4n) is 3.86. The summed E-state index contributed by atoms with van der Waals surface area (Å²) in [5.74, 6) is 0.281. The number of nitrogens with one attached hydrogen (secondary N) is 1. The van der Waals surface area contributed by atoms with Crippen LogP contribution in [0.5, 0.6) is 5.75 Å². The number of hydrogen-bond donors (Lipinski definition) is 2. The van der Waals surface area contributed by atoms with E-state index in [1.807, 2.05) is 13.8 Å². The molecule has 2 N–H and O–H groups in total. The first kappa shape index (κ1) is 16.8. The minimum atomic E-state index is -1.01. The standard InChI is InChI=1S/C19H25NO4/c1-12-8-14(9-13(2)17(12)24-10-16(21)22)18(23)20-11-19(6-3-7-19)15-4-5-15/h8-9,15H,3-7,10-11H2,1-2H3,(H,20,23)(H,21,22). The summed E-state index contributed by atoms with van der Waals surface area (Å²) in [6.07, 6.45) is 6.36. The first-order chi connectivity index (χ1) is 11.4. The van der Waals surface area contributed by atoms with Crippen LogP contribution in [0, 0.1) is 25.2 Å². The Kier molecular flexibility index (Phi) is 4.52. The summed E-state index contributed by atoms with van der Waals surface area (Å²) < 4.78 is 5.31. The number of ether oxygens (including phenoxy) is 1.